The number of pyridine rings is 1. The van der Waals surface area contributed by atoms with Crippen molar-refractivity contribution in [1.82, 2.24) is 9.55 Å². The number of aryl methyl sites for hydroxylation is 1. The first-order valence-corrected chi connectivity index (χ1v) is 9.27. The first kappa shape index (κ1) is 17.5. The summed E-state index contributed by atoms with van der Waals surface area (Å²) in [5.74, 6) is 0. The minimum Gasteiger partial charge on any atom is -0.325 e. The molecule has 3 aromatic rings. The molecule has 132 valence electrons. The van der Waals surface area contributed by atoms with Crippen LogP contribution in [0.1, 0.15) is 16.8 Å². The fourth-order valence-electron chi connectivity index (χ4n) is 2.78. The van der Waals surface area contributed by atoms with Crippen molar-refractivity contribution < 1.29 is 21.6 Å². The van der Waals surface area contributed by atoms with E-state index in [-0.39, 0.29) is 17.0 Å². The van der Waals surface area contributed by atoms with Crippen molar-refractivity contribution >= 4 is 20.9 Å². The summed E-state index contributed by atoms with van der Waals surface area (Å²) in [7, 11) is -3.73. The molecule has 0 aliphatic heterocycles. The summed E-state index contributed by atoms with van der Waals surface area (Å²) < 4.78 is 65.2. The van der Waals surface area contributed by atoms with Gasteiger partial charge >= 0.3 is 6.18 Å². The Morgan fingerprint density at radius 3 is 2.52 bits per heavy atom. The summed E-state index contributed by atoms with van der Waals surface area (Å²) in [6.07, 6.45) is -2.19. The summed E-state index contributed by atoms with van der Waals surface area (Å²) in [6, 6.07) is 8.55. The monoisotopic (exact) mass is 368 g/mol. The molecule has 8 heteroatoms. The maximum atomic E-state index is 13.4. The lowest BCUT2D eigenvalue weighted by Crippen LogP contribution is -2.14. The Kier molecular flexibility index (Phi) is 4.10. The van der Waals surface area contributed by atoms with E-state index in [1.165, 1.54) is 12.1 Å². The lowest BCUT2D eigenvalue weighted by molar-refractivity contribution is -0.138. The van der Waals surface area contributed by atoms with Crippen molar-refractivity contribution in [3.8, 4) is 0 Å². The van der Waals surface area contributed by atoms with Crippen molar-refractivity contribution in [1.29, 1.82) is 0 Å². The summed E-state index contributed by atoms with van der Waals surface area (Å²) in [4.78, 5) is 3.88. The van der Waals surface area contributed by atoms with Crippen LogP contribution >= 0.6 is 0 Å². The molecule has 0 aliphatic carbocycles. The predicted molar refractivity (Wildman–Crippen MR) is 88.1 cm³/mol. The van der Waals surface area contributed by atoms with Crippen LogP contribution in [0.25, 0.3) is 11.0 Å². The van der Waals surface area contributed by atoms with Gasteiger partial charge in [-0.05, 0) is 42.8 Å². The third kappa shape index (κ3) is 3.39. The zero-order valence-electron chi connectivity index (χ0n) is 13.5. The first-order chi connectivity index (χ1) is 11.6. The van der Waals surface area contributed by atoms with Crippen LogP contribution in [-0.2, 0) is 22.6 Å². The van der Waals surface area contributed by atoms with E-state index in [1.807, 2.05) is 12.1 Å². The Balaban J connectivity index is 2.15. The molecule has 0 fully saturated rings. The normalized spacial score (nSPS) is 12.7. The molecule has 0 spiro atoms. The van der Waals surface area contributed by atoms with E-state index >= 15 is 0 Å². The van der Waals surface area contributed by atoms with Crippen LogP contribution in [-0.4, -0.2) is 24.2 Å². The second-order valence-corrected chi connectivity index (χ2v) is 7.89. The van der Waals surface area contributed by atoms with Crippen molar-refractivity contribution in [2.45, 2.75) is 24.5 Å². The second-order valence-electron chi connectivity index (χ2n) is 5.88. The van der Waals surface area contributed by atoms with Gasteiger partial charge in [-0.3, -0.25) is 0 Å². The number of fused-ring (bicyclic) bond motifs is 1. The number of nitrogens with zero attached hydrogens (tertiary/aromatic N) is 2. The Labute approximate surface area is 142 Å². The third-order valence-corrected chi connectivity index (χ3v) is 5.12. The molecule has 0 N–H and O–H groups in total. The van der Waals surface area contributed by atoms with Crippen molar-refractivity contribution in [2.75, 3.05) is 6.26 Å². The molecule has 0 saturated carbocycles. The number of hydrogen-bond donors (Lipinski definition) is 0. The van der Waals surface area contributed by atoms with Gasteiger partial charge in [-0.15, -0.1) is 0 Å². The minimum absolute atomic E-state index is 0.00819. The Hall–Kier alpha value is -2.35. The number of benzene rings is 1. The van der Waals surface area contributed by atoms with Crippen molar-refractivity contribution in [3.05, 3.63) is 59.4 Å². The summed E-state index contributed by atoms with van der Waals surface area (Å²) in [6.45, 7) is 1.74. The van der Waals surface area contributed by atoms with Crippen LogP contribution in [0.2, 0.25) is 0 Å². The molecule has 0 bridgehead atoms. The van der Waals surface area contributed by atoms with Gasteiger partial charge in [0.1, 0.15) is 5.65 Å². The van der Waals surface area contributed by atoms with Crippen LogP contribution in [0.4, 0.5) is 13.2 Å². The molecule has 0 aliphatic rings. The van der Waals surface area contributed by atoms with Gasteiger partial charge in [-0.2, -0.15) is 13.2 Å². The molecule has 2 heterocycles. The molecule has 3 rings (SSSR count). The molecule has 0 atom stereocenters. The number of aromatic nitrogens is 2. The van der Waals surface area contributed by atoms with Crippen LogP contribution in [0.3, 0.4) is 0 Å². The molecule has 0 unspecified atom stereocenters. The lowest BCUT2D eigenvalue weighted by Gasteiger charge is -2.16. The molecule has 25 heavy (non-hydrogen) atoms. The Morgan fingerprint density at radius 2 is 1.88 bits per heavy atom. The van der Waals surface area contributed by atoms with E-state index in [4.69, 9.17) is 0 Å². The van der Waals surface area contributed by atoms with Crippen molar-refractivity contribution in [3.63, 3.8) is 0 Å². The molecule has 0 saturated heterocycles. The van der Waals surface area contributed by atoms with Gasteiger partial charge < -0.3 is 4.57 Å². The van der Waals surface area contributed by atoms with Crippen molar-refractivity contribution in [2.24, 2.45) is 0 Å². The van der Waals surface area contributed by atoms with Gasteiger partial charge in [-0.1, -0.05) is 6.07 Å². The third-order valence-electron chi connectivity index (χ3n) is 4.01. The quantitative estimate of drug-likeness (QED) is 0.706. The van der Waals surface area contributed by atoms with Crippen LogP contribution in [0, 0.1) is 6.92 Å². The van der Waals surface area contributed by atoms with Gasteiger partial charge in [0.05, 0.1) is 10.5 Å². The largest absolute Gasteiger partial charge is 0.416 e. The minimum atomic E-state index is -4.65. The highest BCUT2D eigenvalue weighted by atomic mass is 32.2. The number of halogens is 3. The highest BCUT2D eigenvalue weighted by molar-refractivity contribution is 7.90. The fraction of sp³-hybridized carbons (Fsp3) is 0.235. The molecule has 0 amide bonds. The number of hydrogen-bond acceptors (Lipinski definition) is 3. The molecule has 4 nitrogen and oxygen atoms in total. The zero-order chi connectivity index (χ0) is 18.4. The average Bonchev–Trinajstić information content (AvgIpc) is 2.81. The topological polar surface area (TPSA) is 52.0 Å². The van der Waals surface area contributed by atoms with Gasteiger partial charge in [-0.25, -0.2) is 13.4 Å². The molecular weight excluding hydrogens is 353 g/mol. The molecule has 0 radical (unpaired) electrons. The fourth-order valence-corrected chi connectivity index (χ4v) is 3.42. The maximum absolute atomic E-state index is 13.4. The van der Waals surface area contributed by atoms with E-state index in [1.54, 1.807) is 23.8 Å². The van der Waals surface area contributed by atoms with E-state index in [0.29, 0.717) is 11.7 Å². The second kappa shape index (κ2) is 5.87. The Morgan fingerprint density at radius 1 is 1.16 bits per heavy atom. The maximum Gasteiger partial charge on any atom is 0.416 e. The smallest absolute Gasteiger partial charge is 0.325 e. The van der Waals surface area contributed by atoms with Gasteiger partial charge in [0.25, 0.3) is 0 Å². The summed E-state index contributed by atoms with van der Waals surface area (Å²) in [5.41, 5.74) is 0.396. The van der Waals surface area contributed by atoms with E-state index in [9.17, 15) is 21.6 Å². The standard InChI is InChI=1S/C17H15F3N2O2S/c1-11-8-12-4-3-7-21-16(12)22(11)10-13-5-6-14(25(2,23)24)9-15(13)17(18,19)20/h3-9H,10H2,1-2H3. The summed E-state index contributed by atoms with van der Waals surface area (Å²) >= 11 is 0. The number of rotatable bonds is 3. The van der Waals surface area contributed by atoms with Gasteiger partial charge in [0.2, 0.25) is 0 Å². The molecular formula is C17H15F3N2O2S. The first-order valence-electron chi connectivity index (χ1n) is 7.38. The van der Waals surface area contributed by atoms with Crippen LogP contribution in [0.15, 0.2) is 47.5 Å². The zero-order valence-corrected chi connectivity index (χ0v) is 14.3. The van der Waals surface area contributed by atoms with Gasteiger partial charge in [0, 0.05) is 30.1 Å². The van der Waals surface area contributed by atoms with E-state index in [0.717, 1.165) is 17.3 Å². The molecule has 2 aromatic heterocycles. The molecule has 1 aromatic carbocycles. The number of alkyl halides is 3. The van der Waals surface area contributed by atoms with E-state index in [2.05, 4.69) is 4.98 Å². The highest BCUT2D eigenvalue weighted by Crippen LogP contribution is 2.34. The number of sulfone groups is 1. The van der Waals surface area contributed by atoms with E-state index < -0.39 is 21.6 Å². The van der Waals surface area contributed by atoms with Crippen LogP contribution in [0.5, 0.6) is 0 Å². The van der Waals surface area contributed by atoms with Crippen LogP contribution < -0.4 is 0 Å². The average molecular weight is 368 g/mol. The highest BCUT2D eigenvalue weighted by Gasteiger charge is 2.34. The predicted octanol–water partition coefficient (Wildman–Crippen LogP) is 3.82. The summed E-state index contributed by atoms with van der Waals surface area (Å²) in [5, 5.41) is 0.835. The Bertz CT molecular complexity index is 1050. The SMILES string of the molecule is Cc1cc2cccnc2n1Cc1ccc(S(C)(=O)=O)cc1C(F)(F)F. The van der Waals surface area contributed by atoms with Gasteiger partial charge in [0.15, 0.2) is 9.84 Å². The lowest BCUT2D eigenvalue weighted by atomic mass is 10.1.